The number of methoxy groups -OCH3 is 1. The van der Waals surface area contributed by atoms with Crippen molar-refractivity contribution in [2.45, 2.75) is 17.8 Å². The quantitative estimate of drug-likeness (QED) is 0.389. The molecule has 0 bridgehead atoms. The standard InChI is InChI=1S/C18H23F2N5O5S3/c1-3-32(26,27)24-7-9-25(10-8-24)33(28,29)23-15-11-16(30-2)22-18(21-15)31-12-13-5-4-6-14(19)17(13)20/h4-6,11H,3,7-10,12H2,1-2H3,(H,21,22,23). The van der Waals surface area contributed by atoms with Crippen molar-refractivity contribution in [1.29, 1.82) is 0 Å². The smallest absolute Gasteiger partial charge is 0.302 e. The molecule has 1 aliphatic rings. The normalized spacial score (nSPS) is 16.0. The van der Waals surface area contributed by atoms with Gasteiger partial charge in [0, 0.05) is 43.6 Å². The number of aromatic nitrogens is 2. The van der Waals surface area contributed by atoms with Crippen LogP contribution >= 0.6 is 11.8 Å². The number of piperazine rings is 1. The van der Waals surface area contributed by atoms with E-state index in [9.17, 15) is 25.6 Å². The van der Waals surface area contributed by atoms with Crippen LogP contribution in [-0.2, 0) is 26.0 Å². The van der Waals surface area contributed by atoms with E-state index in [1.807, 2.05) is 0 Å². The van der Waals surface area contributed by atoms with Crippen LogP contribution < -0.4 is 9.46 Å². The maximum Gasteiger partial charge on any atom is 0.302 e. The molecule has 1 N–H and O–H groups in total. The highest BCUT2D eigenvalue weighted by Gasteiger charge is 2.31. The SMILES string of the molecule is CCS(=O)(=O)N1CCN(S(=O)(=O)Nc2cc(OC)nc(SCc3cccc(F)c3F)n2)CC1. The van der Waals surface area contributed by atoms with Gasteiger partial charge in [-0.2, -0.15) is 22.0 Å². The van der Waals surface area contributed by atoms with Crippen molar-refractivity contribution in [2.24, 2.45) is 0 Å². The monoisotopic (exact) mass is 523 g/mol. The molecule has 0 aliphatic carbocycles. The molecule has 0 radical (unpaired) electrons. The molecule has 1 aliphatic heterocycles. The average Bonchev–Trinajstić information content (AvgIpc) is 2.79. The summed E-state index contributed by atoms with van der Waals surface area (Å²) in [5.41, 5.74) is 0.105. The van der Waals surface area contributed by atoms with Gasteiger partial charge in [0.15, 0.2) is 16.8 Å². The third kappa shape index (κ3) is 6.29. The predicted octanol–water partition coefficient (Wildman–Crippen LogP) is 1.68. The summed E-state index contributed by atoms with van der Waals surface area (Å²) in [6.45, 7) is 1.59. The van der Waals surface area contributed by atoms with Crippen LogP contribution in [0.15, 0.2) is 29.4 Å². The molecular weight excluding hydrogens is 500 g/mol. The molecular formula is C18H23F2N5O5S3. The molecule has 0 saturated carbocycles. The van der Waals surface area contributed by atoms with E-state index in [4.69, 9.17) is 4.74 Å². The number of hydrogen-bond donors (Lipinski definition) is 1. The van der Waals surface area contributed by atoms with Crippen molar-refractivity contribution in [3.05, 3.63) is 41.5 Å². The van der Waals surface area contributed by atoms with Gasteiger partial charge in [-0.25, -0.2) is 22.2 Å². The molecule has 33 heavy (non-hydrogen) atoms. The van der Waals surface area contributed by atoms with Crippen LogP contribution in [0.2, 0.25) is 0 Å². The summed E-state index contributed by atoms with van der Waals surface area (Å²) in [5, 5.41) is 0.0922. The Balaban J connectivity index is 1.72. The minimum atomic E-state index is -4.04. The second-order valence-corrected chi connectivity index (χ2v) is 11.8. The number of hydrogen-bond acceptors (Lipinski definition) is 8. The van der Waals surface area contributed by atoms with Gasteiger partial charge in [0.2, 0.25) is 15.9 Å². The number of ether oxygens (including phenoxy) is 1. The number of benzene rings is 1. The van der Waals surface area contributed by atoms with Gasteiger partial charge in [-0.05, 0) is 13.0 Å². The van der Waals surface area contributed by atoms with E-state index in [2.05, 4.69) is 14.7 Å². The Hall–Kier alpha value is -2.07. The van der Waals surface area contributed by atoms with E-state index in [1.54, 1.807) is 0 Å². The first-order valence-corrected chi connectivity index (χ1v) is 13.8. The lowest BCUT2D eigenvalue weighted by Crippen LogP contribution is -2.52. The molecule has 1 fully saturated rings. The van der Waals surface area contributed by atoms with Crippen LogP contribution in [-0.4, -0.2) is 74.5 Å². The summed E-state index contributed by atoms with van der Waals surface area (Å²) in [5.74, 6) is -2.00. The van der Waals surface area contributed by atoms with Crippen molar-refractivity contribution < 1.29 is 30.4 Å². The van der Waals surface area contributed by atoms with Gasteiger partial charge in [0.05, 0.1) is 12.9 Å². The molecule has 15 heteroatoms. The maximum absolute atomic E-state index is 13.9. The zero-order chi connectivity index (χ0) is 24.2. The van der Waals surface area contributed by atoms with Crippen LogP contribution in [0.3, 0.4) is 0 Å². The Bertz CT molecular complexity index is 1210. The lowest BCUT2D eigenvalue weighted by atomic mass is 10.2. The molecule has 1 aromatic heterocycles. The fourth-order valence-electron chi connectivity index (χ4n) is 2.99. The van der Waals surface area contributed by atoms with Crippen molar-refractivity contribution in [3.63, 3.8) is 0 Å². The Morgan fingerprint density at radius 3 is 2.39 bits per heavy atom. The van der Waals surface area contributed by atoms with Gasteiger partial charge in [0.25, 0.3) is 0 Å². The minimum absolute atomic E-state index is 0.0107. The first kappa shape index (κ1) is 25.6. The van der Waals surface area contributed by atoms with E-state index >= 15 is 0 Å². The number of anilines is 1. The molecule has 0 spiro atoms. The minimum Gasteiger partial charge on any atom is -0.481 e. The average molecular weight is 524 g/mol. The topological polar surface area (TPSA) is 122 Å². The van der Waals surface area contributed by atoms with Crippen molar-refractivity contribution >= 4 is 37.8 Å². The van der Waals surface area contributed by atoms with E-state index in [0.717, 1.165) is 22.1 Å². The molecule has 1 aromatic carbocycles. The molecule has 0 amide bonds. The van der Waals surface area contributed by atoms with Gasteiger partial charge >= 0.3 is 10.2 Å². The van der Waals surface area contributed by atoms with Gasteiger partial charge in [0.1, 0.15) is 5.82 Å². The molecule has 0 unspecified atom stereocenters. The number of nitrogens with one attached hydrogen (secondary N) is 1. The Morgan fingerprint density at radius 1 is 1.09 bits per heavy atom. The van der Waals surface area contributed by atoms with Gasteiger partial charge in [-0.3, -0.25) is 4.72 Å². The third-order valence-corrected chi connectivity index (χ3v) is 9.10. The lowest BCUT2D eigenvalue weighted by Gasteiger charge is -2.32. The Labute approximate surface area is 195 Å². The molecule has 182 valence electrons. The zero-order valence-electron chi connectivity index (χ0n) is 17.9. The van der Waals surface area contributed by atoms with Gasteiger partial charge in [-0.1, -0.05) is 23.9 Å². The number of nitrogens with zero attached hydrogens (tertiary/aromatic N) is 4. The van der Waals surface area contributed by atoms with Crippen LogP contribution in [0, 0.1) is 11.6 Å². The van der Waals surface area contributed by atoms with Crippen molar-refractivity contribution in [3.8, 4) is 5.88 Å². The first-order valence-electron chi connectivity index (χ1n) is 9.80. The van der Waals surface area contributed by atoms with E-state index in [0.29, 0.717) is 0 Å². The summed E-state index contributed by atoms with van der Waals surface area (Å²) in [6.07, 6.45) is 0. The van der Waals surface area contributed by atoms with E-state index in [1.165, 1.54) is 36.5 Å². The molecule has 0 atom stereocenters. The second kappa shape index (κ2) is 10.5. The Kier molecular flexibility index (Phi) is 8.10. The zero-order valence-corrected chi connectivity index (χ0v) is 20.3. The van der Waals surface area contributed by atoms with E-state index in [-0.39, 0.29) is 60.1 Å². The van der Waals surface area contributed by atoms with E-state index < -0.39 is 31.9 Å². The fraction of sp³-hybridized carbons (Fsp3) is 0.444. The van der Waals surface area contributed by atoms with Gasteiger partial charge < -0.3 is 4.74 Å². The van der Waals surface area contributed by atoms with Crippen molar-refractivity contribution in [1.82, 2.24) is 18.6 Å². The molecule has 3 rings (SSSR count). The summed E-state index contributed by atoms with van der Waals surface area (Å²) in [7, 11) is -6.09. The predicted molar refractivity (Wildman–Crippen MR) is 120 cm³/mol. The summed E-state index contributed by atoms with van der Waals surface area (Å²) < 4.78 is 86.7. The Morgan fingerprint density at radius 2 is 1.76 bits per heavy atom. The molecule has 10 nitrogen and oxygen atoms in total. The maximum atomic E-state index is 13.9. The number of sulfonamides is 1. The van der Waals surface area contributed by atoms with Crippen LogP contribution in [0.4, 0.5) is 14.6 Å². The highest BCUT2D eigenvalue weighted by Crippen LogP contribution is 2.26. The molecule has 1 saturated heterocycles. The number of rotatable bonds is 9. The summed E-state index contributed by atoms with van der Waals surface area (Å²) >= 11 is 0.977. The van der Waals surface area contributed by atoms with Crippen molar-refractivity contribution in [2.75, 3.05) is 43.8 Å². The largest absolute Gasteiger partial charge is 0.481 e. The third-order valence-electron chi connectivity index (χ3n) is 4.81. The van der Waals surface area contributed by atoms with Gasteiger partial charge in [-0.15, -0.1) is 0 Å². The highest BCUT2D eigenvalue weighted by molar-refractivity contribution is 7.98. The second-order valence-electron chi connectivity index (χ2n) is 6.89. The summed E-state index contributed by atoms with van der Waals surface area (Å²) in [6, 6.07) is 5.09. The highest BCUT2D eigenvalue weighted by atomic mass is 32.2. The first-order chi connectivity index (χ1) is 15.6. The number of thioether (sulfide) groups is 1. The van der Waals surface area contributed by atoms with Crippen LogP contribution in [0.1, 0.15) is 12.5 Å². The lowest BCUT2D eigenvalue weighted by molar-refractivity contribution is 0.274. The fourth-order valence-corrected chi connectivity index (χ4v) is 6.05. The van der Waals surface area contributed by atoms with Crippen LogP contribution in [0.25, 0.3) is 0 Å². The molecule has 2 aromatic rings. The van der Waals surface area contributed by atoms with Crippen LogP contribution in [0.5, 0.6) is 5.88 Å². The molecule has 2 heterocycles. The summed E-state index contributed by atoms with van der Waals surface area (Å²) in [4.78, 5) is 8.23. The number of halogens is 2.